The molecule has 1 aromatic rings. The van der Waals surface area contributed by atoms with E-state index in [0.717, 1.165) is 5.56 Å². The molecule has 2 N–H and O–H groups in total. The number of non-ortho nitro benzene ring substituents is 1. The molecule has 0 aliphatic heterocycles. The first kappa shape index (κ1) is 16.0. The molecule has 106 valence electrons. The molecule has 6 nitrogen and oxygen atoms in total. The van der Waals surface area contributed by atoms with Crippen LogP contribution < -0.4 is 5.32 Å². The molecule has 0 amide bonds. The summed E-state index contributed by atoms with van der Waals surface area (Å²) in [6, 6.07) is 4.71. The van der Waals surface area contributed by atoms with E-state index in [0.29, 0.717) is 24.0 Å². The SMILES string of the molecule is COCC(CCO)NCc1ccc([N+](=O)[O-])cc1Br. The largest absolute Gasteiger partial charge is 0.396 e. The van der Waals surface area contributed by atoms with Gasteiger partial charge >= 0.3 is 0 Å². The van der Waals surface area contributed by atoms with Crippen molar-refractivity contribution in [3.63, 3.8) is 0 Å². The number of benzene rings is 1. The van der Waals surface area contributed by atoms with Crippen LogP contribution in [0.1, 0.15) is 12.0 Å². The lowest BCUT2D eigenvalue weighted by molar-refractivity contribution is -0.384. The van der Waals surface area contributed by atoms with E-state index in [9.17, 15) is 10.1 Å². The molecule has 0 aliphatic carbocycles. The van der Waals surface area contributed by atoms with Crippen LogP contribution in [-0.2, 0) is 11.3 Å². The number of ether oxygens (including phenoxy) is 1. The van der Waals surface area contributed by atoms with E-state index in [1.54, 1.807) is 13.2 Å². The number of hydrogen-bond acceptors (Lipinski definition) is 5. The van der Waals surface area contributed by atoms with Crippen LogP contribution in [0.2, 0.25) is 0 Å². The summed E-state index contributed by atoms with van der Waals surface area (Å²) in [7, 11) is 1.61. The van der Waals surface area contributed by atoms with Crippen molar-refractivity contribution in [3.05, 3.63) is 38.3 Å². The summed E-state index contributed by atoms with van der Waals surface area (Å²) in [6.07, 6.45) is 0.596. The minimum Gasteiger partial charge on any atom is -0.396 e. The average Bonchev–Trinajstić information content (AvgIpc) is 2.37. The molecule has 0 bridgehead atoms. The summed E-state index contributed by atoms with van der Waals surface area (Å²) >= 11 is 3.32. The van der Waals surface area contributed by atoms with Gasteiger partial charge in [-0.1, -0.05) is 15.9 Å². The first-order valence-corrected chi connectivity index (χ1v) is 6.63. The van der Waals surface area contributed by atoms with Crippen molar-refractivity contribution < 1.29 is 14.8 Å². The van der Waals surface area contributed by atoms with E-state index in [4.69, 9.17) is 9.84 Å². The Morgan fingerprint density at radius 1 is 1.58 bits per heavy atom. The maximum atomic E-state index is 10.6. The molecule has 0 saturated heterocycles. The van der Waals surface area contributed by atoms with Gasteiger partial charge in [0.2, 0.25) is 0 Å². The number of aliphatic hydroxyl groups excluding tert-OH is 1. The van der Waals surface area contributed by atoms with Crippen LogP contribution in [0.4, 0.5) is 5.69 Å². The number of nitro benzene ring substituents is 1. The number of rotatable bonds is 8. The lowest BCUT2D eigenvalue weighted by Gasteiger charge is -2.17. The standard InChI is InChI=1S/C12H17BrN2O4/c1-19-8-10(4-5-16)14-7-9-2-3-11(15(17)18)6-12(9)13/h2-3,6,10,14,16H,4-5,7-8H2,1H3. The van der Waals surface area contributed by atoms with E-state index in [1.165, 1.54) is 12.1 Å². The molecule has 19 heavy (non-hydrogen) atoms. The van der Waals surface area contributed by atoms with E-state index in [2.05, 4.69) is 21.2 Å². The van der Waals surface area contributed by atoms with Crippen molar-refractivity contribution in [2.24, 2.45) is 0 Å². The topological polar surface area (TPSA) is 84.6 Å². The molecule has 0 radical (unpaired) electrons. The molecule has 0 spiro atoms. The Labute approximate surface area is 120 Å². The summed E-state index contributed by atoms with van der Waals surface area (Å²) < 4.78 is 5.74. The Balaban J connectivity index is 2.63. The molecule has 1 rings (SSSR count). The minimum absolute atomic E-state index is 0.0529. The fourth-order valence-electron chi connectivity index (χ4n) is 1.65. The summed E-state index contributed by atoms with van der Waals surface area (Å²) in [5.41, 5.74) is 0.976. The van der Waals surface area contributed by atoms with Crippen LogP contribution in [0.5, 0.6) is 0 Å². The van der Waals surface area contributed by atoms with E-state index in [1.807, 2.05) is 0 Å². The smallest absolute Gasteiger partial charge is 0.270 e. The highest BCUT2D eigenvalue weighted by Crippen LogP contribution is 2.22. The Morgan fingerprint density at radius 3 is 2.84 bits per heavy atom. The van der Waals surface area contributed by atoms with Gasteiger partial charge in [0.25, 0.3) is 5.69 Å². The Morgan fingerprint density at radius 2 is 2.32 bits per heavy atom. The van der Waals surface area contributed by atoms with Gasteiger partial charge in [0.05, 0.1) is 11.5 Å². The van der Waals surface area contributed by atoms with Crippen molar-refractivity contribution in [1.82, 2.24) is 5.32 Å². The fraction of sp³-hybridized carbons (Fsp3) is 0.500. The monoisotopic (exact) mass is 332 g/mol. The maximum absolute atomic E-state index is 10.6. The molecule has 0 aromatic heterocycles. The maximum Gasteiger partial charge on any atom is 0.270 e. The molecule has 0 saturated carbocycles. The third-order valence-corrected chi connectivity index (χ3v) is 3.41. The molecular formula is C12H17BrN2O4. The van der Waals surface area contributed by atoms with Crippen LogP contribution in [0.25, 0.3) is 0 Å². The normalized spacial score (nSPS) is 12.4. The Bertz CT molecular complexity index is 422. The lowest BCUT2D eigenvalue weighted by atomic mass is 10.1. The second-order valence-electron chi connectivity index (χ2n) is 4.08. The Kier molecular flexibility index (Phi) is 6.93. The first-order valence-electron chi connectivity index (χ1n) is 5.84. The van der Waals surface area contributed by atoms with E-state index < -0.39 is 4.92 Å². The molecule has 0 heterocycles. The van der Waals surface area contributed by atoms with Gasteiger partial charge in [0.1, 0.15) is 0 Å². The van der Waals surface area contributed by atoms with E-state index in [-0.39, 0.29) is 18.3 Å². The summed E-state index contributed by atoms with van der Waals surface area (Å²) in [5.74, 6) is 0. The van der Waals surface area contributed by atoms with Gasteiger partial charge < -0.3 is 15.2 Å². The van der Waals surface area contributed by atoms with Crippen LogP contribution in [-0.4, -0.2) is 36.4 Å². The number of hydrogen-bond donors (Lipinski definition) is 2. The van der Waals surface area contributed by atoms with Crippen LogP contribution in [0, 0.1) is 10.1 Å². The van der Waals surface area contributed by atoms with Crippen LogP contribution in [0.3, 0.4) is 0 Å². The molecule has 0 fully saturated rings. The zero-order valence-electron chi connectivity index (χ0n) is 10.6. The number of nitrogens with zero attached hydrogens (tertiary/aromatic N) is 1. The highest BCUT2D eigenvalue weighted by molar-refractivity contribution is 9.10. The number of nitrogens with one attached hydrogen (secondary N) is 1. The van der Waals surface area contributed by atoms with Gasteiger partial charge in [-0.25, -0.2) is 0 Å². The minimum atomic E-state index is -0.429. The predicted molar refractivity (Wildman–Crippen MR) is 75.0 cm³/mol. The second kappa shape index (κ2) is 8.21. The molecular weight excluding hydrogens is 316 g/mol. The first-order chi connectivity index (χ1) is 9.08. The number of nitro groups is 1. The second-order valence-corrected chi connectivity index (χ2v) is 4.93. The number of halogens is 1. The fourth-order valence-corrected chi connectivity index (χ4v) is 2.16. The third-order valence-electron chi connectivity index (χ3n) is 2.67. The number of methoxy groups -OCH3 is 1. The summed E-state index contributed by atoms with van der Waals surface area (Å²) in [4.78, 5) is 10.2. The van der Waals surface area contributed by atoms with Gasteiger partial charge in [-0.05, 0) is 18.1 Å². The predicted octanol–water partition coefficient (Wildman–Crippen LogP) is 1.84. The van der Waals surface area contributed by atoms with Gasteiger partial charge in [-0.15, -0.1) is 0 Å². The molecule has 1 atom stereocenters. The molecule has 1 aromatic carbocycles. The Hall–Kier alpha value is -1.02. The van der Waals surface area contributed by atoms with Gasteiger partial charge in [0.15, 0.2) is 0 Å². The van der Waals surface area contributed by atoms with Gasteiger partial charge in [-0.2, -0.15) is 0 Å². The highest BCUT2D eigenvalue weighted by Gasteiger charge is 2.11. The zero-order valence-corrected chi connectivity index (χ0v) is 12.2. The van der Waals surface area contributed by atoms with Crippen LogP contribution >= 0.6 is 15.9 Å². The number of aliphatic hydroxyl groups is 1. The van der Waals surface area contributed by atoms with Crippen molar-refractivity contribution in [3.8, 4) is 0 Å². The van der Waals surface area contributed by atoms with E-state index >= 15 is 0 Å². The van der Waals surface area contributed by atoms with Crippen molar-refractivity contribution in [2.45, 2.75) is 19.0 Å². The van der Waals surface area contributed by atoms with Crippen LogP contribution in [0.15, 0.2) is 22.7 Å². The molecule has 1 unspecified atom stereocenters. The quantitative estimate of drug-likeness (QED) is 0.560. The zero-order chi connectivity index (χ0) is 14.3. The summed E-state index contributed by atoms with van der Waals surface area (Å²) in [6.45, 7) is 1.14. The van der Waals surface area contributed by atoms with Gasteiger partial charge in [-0.3, -0.25) is 10.1 Å². The van der Waals surface area contributed by atoms with Crippen molar-refractivity contribution in [2.75, 3.05) is 20.3 Å². The lowest BCUT2D eigenvalue weighted by Crippen LogP contribution is -2.33. The third kappa shape index (κ3) is 5.23. The van der Waals surface area contributed by atoms with Crippen molar-refractivity contribution >= 4 is 21.6 Å². The highest BCUT2D eigenvalue weighted by atomic mass is 79.9. The molecule has 0 aliphatic rings. The van der Waals surface area contributed by atoms with Crippen molar-refractivity contribution in [1.29, 1.82) is 0 Å². The molecule has 7 heteroatoms. The van der Waals surface area contributed by atoms with Gasteiger partial charge in [0, 0.05) is 42.9 Å². The summed E-state index contributed by atoms with van der Waals surface area (Å²) in [5, 5.41) is 22.8. The average molecular weight is 333 g/mol.